The molecule has 7 nitrogen and oxygen atoms in total. The molecule has 0 heterocycles. The van der Waals surface area contributed by atoms with Gasteiger partial charge in [0, 0.05) is 0 Å². The molecule has 0 saturated heterocycles. The van der Waals surface area contributed by atoms with E-state index in [1.807, 2.05) is 37.3 Å². The third-order valence-corrected chi connectivity index (χ3v) is 7.37. The molecule has 1 N–H and O–H groups in total. The van der Waals surface area contributed by atoms with Crippen molar-refractivity contribution in [2.24, 2.45) is 0 Å². The number of amides is 1. The van der Waals surface area contributed by atoms with Crippen molar-refractivity contribution in [2.45, 2.75) is 24.8 Å². The predicted molar refractivity (Wildman–Crippen MR) is 133 cm³/mol. The van der Waals surface area contributed by atoms with Crippen molar-refractivity contribution in [2.75, 3.05) is 25.1 Å². The van der Waals surface area contributed by atoms with Gasteiger partial charge < -0.3 is 14.8 Å². The molecular formula is C25H27ClN2O5S. The number of methoxy groups -OCH3 is 2. The van der Waals surface area contributed by atoms with Crippen LogP contribution in [-0.2, 0) is 14.8 Å². The van der Waals surface area contributed by atoms with Gasteiger partial charge in [-0.05, 0) is 55.3 Å². The van der Waals surface area contributed by atoms with Gasteiger partial charge >= 0.3 is 0 Å². The first-order valence-electron chi connectivity index (χ1n) is 10.5. The molecule has 0 aliphatic heterocycles. The van der Waals surface area contributed by atoms with Crippen LogP contribution in [0.4, 0.5) is 5.69 Å². The summed E-state index contributed by atoms with van der Waals surface area (Å²) in [6.07, 6.45) is 0. The fourth-order valence-electron chi connectivity index (χ4n) is 3.47. The number of aryl methyl sites for hydroxylation is 1. The number of rotatable bonds is 9. The molecule has 0 aromatic heterocycles. The smallest absolute Gasteiger partial charge is 0.268 e. The zero-order valence-corrected chi connectivity index (χ0v) is 21.0. The molecule has 0 radical (unpaired) electrons. The van der Waals surface area contributed by atoms with Crippen molar-refractivity contribution >= 4 is 33.2 Å². The highest BCUT2D eigenvalue weighted by molar-refractivity contribution is 7.93. The normalized spacial score (nSPS) is 12.0. The number of halogens is 1. The molecule has 9 heteroatoms. The molecule has 1 atom stereocenters. The van der Waals surface area contributed by atoms with Crippen molar-refractivity contribution < 1.29 is 22.7 Å². The minimum atomic E-state index is -4.20. The summed E-state index contributed by atoms with van der Waals surface area (Å²) >= 11 is 6.28. The monoisotopic (exact) mass is 502 g/mol. The van der Waals surface area contributed by atoms with Gasteiger partial charge in [-0.3, -0.25) is 9.10 Å². The van der Waals surface area contributed by atoms with E-state index >= 15 is 0 Å². The van der Waals surface area contributed by atoms with Gasteiger partial charge in [-0.1, -0.05) is 48.0 Å². The average molecular weight is 503 g/mol. The Labute approximate surface area is 205 Å². The lowest BCUT2D eigenvalue weighted by molar-refractivity contribution is -0.120. The van der Waals surface area contributed by atoms with Crippen LogP contribution in [-0.4, -0.2) is 35.1 Å². The number of nitrogens with one attached hydrogen (secondary N) is 1. The number of carbonyl (C=O) groups is 1. The lowest BCUT2D eigenvalue weighted by atomic mass is 10.1. The average Bonchev–Trinajstić information content (AvgIpc) is 2.82. The van der Waals surface area contributed by atoms with Crippen LogP contribution in [0.25, 0.3) is 0 Å². The van der Waals surface area contributed by atoms with Gasteiger partial charge in [0.05, 0.1) is 31.0 Å². The van der Waals surface area contributed by atoms with E-state index < -0.39 is 22.5 Å². The van der Waals surface area contributed by atoms with E-state index in [-0.39, 0.29) is 27.4 Å². The fourth-order valence-corrected chi connectivity index (χ4v) is 5.38. The van der Waals surface area contributed by atoms with Gasteiger partial charge in [0.1, 0.15) is 22.9 Å². The number of ether oxygens (including phenoxy) is 2. The van der Waals surface area contributed by atoms with E-state index in [1.54, 1.807) is 31.2 Å². The van der Waals surface area contributed by atoms with Gasteiger partial charge in [0.25, 0.3) is 10.0 Å². The molecule has 0 spiro atoms. The summed E-state index contributed by atoms with van der Waals surface area (Å²) in [5, 5.41) is 3.08. The number of sulfonamides is 1. The first kappa shape index (κ1) is 25.4. The fraction of sp³-hybridized carbons (Fsp3) is 0.240. The van der Waals surface area contributed by atoms with Gasteiger partial charge in [0.2, 0.25) is 5.91 Å². The van der Waals surface area contributed by atoms with Gasteiger partial charge in [0.15, 0.2) is 0 Å². The van der Waals surface area contributed by atoms with Crippen molar-refractivity contribution in [3.05, 3.63) is 82.9 Å². The number of nitrogens with zero attached hydrogens (tertiary/aromatic N) is 1. The van der Waals surface area contributed by atoms with Gasteiger partial charge in [-0.25, -0.2) is 8.42 Å². The summed E-state index contributed by atoms with van der Waals surface area (Å²) in [7, 11) is -1.34. The van der Waals surface area contributed by atoms with E-state index in [4.69, 9.17) is 21.1 Å². The summed E-state index contributed by atoms with van der Waals surface area (Å²) in [5.74, 6) is 0.0878. The van der Waals surface area contributed by atoms with Gasteiger partial charge in [-0.15, -0.1) is 0 Å². The maximum atomic E-state index is 13.8. The van der Waals surface area contributed by atoms with Crippen LogP contribution >= 0.6 is 11.6 Å². The van der Waals surface area contributed by atoms with Crippen LogP contribution < -0.4 is 19.1 Å². The van der Waals surface area contributed by atoms with Crippen molar-refractivity contribution in [1.82, 2.24) is 5.32 Å². The Morgan fingerprint density at radius 1 is 1.00 bits per heavy atom. The number of hydrogen-bond acceptors (Lipinski definition) is 5. The molecule has 0 saturated carbocycles. The lowest BCUT2D eigenvalue weighted by Gasteiger charge is -2.26. The third-order valence-electron chi connectivity index (χ3n) is 5.27. The highest BCUT2D eigenvalue weighted by atomic mass is 35.5. The molecule has 0 unspecified atom stereocenters. The molecule has 0 aliphatic carbocycles. The standard InChI is InChI=1S/C25H27ClN2O5S/c1-17-10-12-23(33-4)24(14-17)34(30,31)28(20-11-13-22(32-3)21(26)15-20)16-25(29)27-18(2)19-8-6-5-7-9-19/h5-15,18H,16H2,1-4H3,(H,27,29)/t18-/m0/s1. The predicted octanol–water partition coefficient (Wildman–Crippen LogP) is 4.74. The van der Waals surface area contributed by atoms with Crippen LogP contribution in [0.2, 0.25) is 5.02 Å². The highest BCUT2D eigenvalue weighted by Crippen LogP contribution is 2.34. The molecule has 180 valence electrons. The second-order valence-electron chi connectivity index (χ2n) is 7.68. The van der Waals surface area contributed by atoms with Crippen molar-refractivity contribution in [3.8, 4) is 11.5 Å². The lowest BCUT2D eigenvalue weighted by Crippen LogP contribution is -2.41. The first-order chi connectivity index (χ1) is 16.2. The molecule has 0 bridgehead atoms. The first-order valence-corrected chi connectivity index (χ1v) is 12.3. The summed E-state index contributed by atoms with van der Waals surface area (Å²) in [4.78, 5) is 13.0. The van der Waals surface area contributed by atoms with Crippen molar-refractivity contribution in [1.29, 1.82) is 0 Å². The molecular weight excluding hydrogens is 476 g/mol. The summed E-state index contributed by atoms with van der Waals surface area (Å²) in [6.45, 7) is 3.15. The summed E-state index contributed by atoms with van der Waals surface area (Å²) < 4.78 is 39.1. The minimum Gasteiger partial charge on any atom is -0.495 e. The molecule has 0 aliphatic rings. The van der Waals surface area contributed by atoms with E-state index in [0.29, 0.717) is 5.75 Å². The highest BCUT2D eigenvalue weighted by Gasteiger charge is 2.31. The second-order valence-corrected chi connectivity index (χ2v) is 9.92. The molecule has 3 aromatic carbocycles. The molecule has 0 fully saturated rings. The molecule has 3 rings (SSSR count). The third kappa shape index (κ3) is 5.63. The van der Waals surface area contributed by atoms with Crippen LogP contribution in [0, 0.1) is 6.92 Å². The number of carbonyl (C=O) groups excluding carboxylic acids is 1. The quantitative estimate of drug-likeness (QED) is 0.457. The maximum Gasteiger partial charge on any atom is 0.268 e. The Bertz CT molecular complexity index is 1270. The zero-order valence-electron chi connectivity index (χ0n) is 19.4. The number of hydrogen-bond donors (Lipinski definition) is 1. The Morgan fingerprint density at radius 2 is 1.65 bits per heavy atom. The van der Waals surface area contributed by atoms with E-state index in [2.05, 4.69) is 5.32 Å². The van der Waals surface area contributed by atoms with E-state index in [0.717, 1.165) is 15.4 Å². The number of anilines is 1. The van der Waals surface area contributed by atoms with E-state index in [1.165, 1.54) is 26.4 Å². The zero-order chi connectivity index (χ0) is 24.9. The summed E-state index contributed by atoms with van der Waals surface area (Å²) in [5.41, 5.74) is 1.85. The Morgan fingerprint density at radius 3 is 2.26 bits per heavy atom. The largest absolute Gasteiger partial charge is 0.495 e. The van der Waals surface area contributed by atoms with E-state index in [9.17, 15) is 13.2 Å². The van der Waals surface area contributed by atoms with Crippen LogP contribution in [0.1, 0.15) is 24.1 Å². The van der Waals surface area contributed by atoms with Crippen molar-refractivity contribution in [3.63, 3.8) is 0 Å². The Hall–Kier alpha value is -3.23. The van der Waals surface area contributed by atoms with Crippen LogP contribution in [0.3, 0.4) is 0 Å². The Kier molecular flexibility index (Phi) is 8.06. The van der Waals surface area contributed by atoms with Gasteiger partial charge in [-0.2, -0.15) is 0 Å². The molecule has 3 aromatic rings. The Balaban J connectivity index is 2.02. The maximum absolute atomic E-state index is 13.8. The topological polar surface area (TPSA) is 84.9 Å². The number of benzene rings is 3. The van der Waals surface area contributed by atoms with Crippen LogP contribution in [0.15, 0.2) is 71.6 Å². The molecule has 34 heavy (non-hydrogen) atoms. The second kappa shape index (κ2) is 10.8. The summed E-state index contributed by atoms with van der Waals surface area (Å²) in [6, 6.07) is 18.5. The molecule has 1 amide bonds. The van der Waals surface area contributed by atoms with Crippen LogP contribution in [0.5, 0.6) is 11.5 Å². The SMILES string of the molecule is COc1ccc(N(CC(=O)N[C@@H](C)c2ccccc2)S(=O)(=O)c2cc(C)ccc2OC)cc1Cl. The minimum absolute atomic E-state index is 0.0501.